The van der Waals surface area contributed by atoms with Crippen LogP contribution in [0, 0.1) is 0 Å². The Kier molecular flexibility index (Phi) is 4.49. The maximum absolute atomic E-state index is 10.2. The molecule has 0 saturated carbocycles. The lowest BCUT2D eigenvalue weighted by Crippen LogP contribution is -2.24. The van der Waals surface area contributed by atoms with E-state index in [9.17, 15) is 5.11 Å². The van der Waals surface area contributed by atoms with Crippen molar-refractivity contribution in [1.29, 1.82) is 0 Å². The number of nitrogens with zero attached hydrogens (tertiary/aromatic N) is 2. The topological polar surface area (TPSA) is 62.4 Å². The number of nitrogens with two attached hydrogens (primary N) is 1. The normalized spacial score (nSPS) is 12.6. The Hall–Kier alpha value is -1.91. The Morgan fingerprint density at radius 1 is 1.26 bits per heavy atom. The van der Waals surface area contributed by atoms with Crippen molar-refractivity contribution < 1.29 is 5.11 Å². The summed E-state index contributed by atoms with van der Waals surface area (Å²) in [5.74, 6) is 0. The van der Waals surface area contributed by atoms with Crippen LogP contribution in [0.25, 0.3) is 0 Å². The summed E-state index contributed by atoms with van der Waals surface area (Å²) in [6, 6.07) is 11.3. The minimum absolute atomic E-state index is 0.512. The Labute approximate surface area is 113 Å². The molecule has 0 aliphatic carbocycles. The second-order valence-electron chi connectivity index (χ2n) is 4.74. The van der Waals surface area contributed by atoms with Gasteiger partial charge in [-0.1, -0.05) is 18.2 Å². The van der Waals surface area contributed by atoms with Gasteiger partial charge in [-0.15, -0.1) is 0 Å². The first-order valence-electron chi connectivity index (χ1n) is 6.26. The van der Waals surface area contributed by atoms with Crippen LogP contribution in [0.3, 0.4) is 0 Å². The molecule has 0 bridgehead atoms. The molecular weight excluding hydrogens is 238 g/mol. The van der Waals surface area contributed by atoms with Crippen LogP contribution < -0.4 is 5.73 Å². The fraction of sp³-hybridized carbons (Fsp3) is 0.267. The smallest absolute Gasteiger partial charge is 0.0916 e. The highest BCUT2D eigenvalue weighted by Crippen LogP contribution is 2.16. The van der Waals surface area contributed by atoms with Crippen LogP contribution in [0.4, 0.5) is 5.69 Å². The second-order valence-corrected chi connectivity index (χ2v) is 4.74. The lowest BCUT2D eigenvalue weighted by atomic mass is 10.1. The standard InChI is InChI=1S/C15H19N3O/c1-18(10-12-3-2-8-17-9-12)11-15(19)13-4-6-14(16)7-5-13/h2-9,15,19H,10-11,16H2,1H3. The molecule has 19 heavy (non-hydrogen) atoms. The number of aliphatic hydroxyl groups excluding tert-OH is 1. The number of nitrogen functional groups attached to an aromatic ring is 1. The number of pyridine rings is 1. The van der Waals surface area contributed by atoms with Gasteiger partial charge >= 0.3 is 0 Å². The van der Waals surface area contributed by atoms with Crippen molar-refractivity contribution in [2.75, 3.05) is 19.3 Å². The molecule has 0 aliphatic heterocycles. The van der Waals surface area contributed by atoms with Crippen molar-refractivity contribution in [2.24, 2.45) is 0 Å². The van der Waals surface area contributed by atoms with E-state index in [0.29, 0.717) is 12.2 Å². The molecule has 4 nitrogen and oxygen atoms in total. The highest BCUT2D eigenvalue weighted by molar-refractivity contribution is 5.39. The molecule has 0 amide bonds. The largest absolute Gasteiger partial charge is 0.399 e. The minimum Gasteiger partial charge on any atom is -0.399 e. The van der Waals surface area contributed by atoms with E-state index in [0.717, 1.165) is 17.7 Å². The highest BCUT2D eigenvalue weighted by atomic mass is 16.3. The maximum Gasteiger partial charge on any atom is 0.0916 e. The molecule has 0 fully saturated rings. The molecule has 0 saturated heterocycles. The quantitative estimate of drug-likeness (QED) is 0.802. The fourth-order valence-corrected chi connectivity index (χ4v) is 1.99. The molecule has 0 spiro atoms. The van der Waals surface area contributed by atoms with Gasteiger partial charge in [-0.05, 0) is 36.4 Å². The number of benzene rings is 1. The average Bonchev–Trinajstić information content (AvgIpc) is 2.40. The molecule has 1 atom stereocenters. The Bertz CT molecular complexity index is 499. The number of anilines is 1. The number of hydrogen-bond acceptors (Lipinski definition) is 4. The van der Waals surface area contributed by atoms with Crippen molar-refractivity contribution in [3.05, 3.63) is 59.9 Å². The van der Waals surface area contributed by atoms with E-state index in [4.69, 9.17) is 5.73 Å². The fourth-order valence-electron chi connectivity index (χ4n) is 1.99. The molecule has 100 valence electrons. The van der Waals surface area contributed by atoms with Crippen LogP contribution in [-0.4, -0.2) is 28.6 Å². The Balaban J connectivity index is 1.91. The zero-order valence-corrected chi connectivity index (χ0v) is 11.0. The van der Waals surface area contributed by atoms with Gasteiger partial charge in [0.25, 0.3) is 0 Å². The molecule has 2 aromatic rings. The van der Waals surface area contributed by atoms with Gasteiger partial charge in [0.2, 0.25) is 0 Å². The van der Waals surface area contributed by atoms with Crippen molar-refractivity contribution >= 4 is 5.69 Å². The minimum atomic E-state index is -0.512. The van der Waals surface area contributed by atoms with E-state index >= 15 is 0 Å². The van der Waals surface area contributed by atoms with E-state index in [1.165, 1.54) is 0 Å². The summed E-state index contributed by atoms with van der Waals surface area (Å²) in [5.41, 5.74) is 8.35. The molecule has 2 rings (SSSR count). The van der Waals surface area contributed by atoms with Gasteiger partial charge in [0.1, 0.15) is 0 Å². The third-order valence-electron chi connectivity index (χ3n) is 2.98. The summed E-state index contributed by atoms with van der Waals surface area (Å²) in [6.07, 6.45) is 3.08. The SMILES string of the molecule is CN(Cc1cccnc1)CC(O)c1ccc(N)cc1. The van der Waals surface area contributed by atoms with Crippen LogP contribution in [0.1, 0.15) is 17.2 Å². The zero-order chi connectivity index (χ0) is 13.7. The molecule has 1 unspecified atom stereocenters. The summed E-state index contributed by atoms with van der Waals surface area (Å²) in [7, 11) is 1.98. The first kappa shape index (κ1) is 13.5. The number of likely N-dealkylation sites (N-methyl/N-ethyl adjacent to an activating group) is 1. The number of hydrogen-bond donors (Lipinski definition) is 2. The van der Waals surface area contributed by atoms with Crippen LogP contribution in [0.2, 0.25) is 0 Å². The number of aromatic nitrogens is 1. The van der Waals surface area contributed by atoms with Crippen LogP contribution in [-0.2, 0) is 6.54 Å². The lowest BCUT2D eigenvalue weighted by Gasteiger charge is -2.20. The summed E-state index contributed by atoms with van der Waals surface area (Å²) >= 11 is 0. The van der Waals surface area contributed by atoms with Crippen LogP contribution in [0.5, 0.6) is 0 Å². The zero-order valence-electron chi connectivity index (χ0n) is 11.0. The van der Waals surface area contributed by atoms with Gasteiger partial charge in [0.05, 0.1) is 6.10 Å². The van der Waals surface area contributed by atoms with E-state index in [1.807, 2.05) is 37.5 Å². The average molecular weight is 257 g/mol. The summed E-state index contributed by atoms with van der Waals surface area (Å²) in [4.78, 5) is 6.15. The summed E-state index contributed by atoms with van der Waals surface area (Å²) in [5, 5.41) is 10.2. The maximum atomic E-state index is 10.2. The predicted molar refractivity (Wildman–Crippen MR) is 76.4 cm³/mol. The first-order chi connectivity index (χ1) is 9.15. The van der Waals surface area contributed by atoms with Crippen LogP contribution in [0.15, 0.2) is 48.8 Å². The molecule has 3 N–H and O–H groups in total. The van der Waals surface area contributed by atoms with Crippen LogP contribution >= 0.6 is 0 Å². The number of aliphatic hydroxyl groups is 1. The Morgan fingerprint density at radius 3 is 2.63 bits per heavy atom. The Morgan fingerprint density at radius 2 is 2.00 bits per heavy atom. The molecule has 0 aliphatic rings. The van der Waals surface area contributed by atoms with Gasteiger partial charge in [0.15, 0.2) is 0 Å². The van der Waals surface area contributed by atoms with Gasteiger partial charge in [-0.25, -0.2) is 0 Å². The molecular formula is C15H19N3O. The van der Waals surface area contributed by atoms with E-state index < -0.39 is 6.10 Å². The molecule has 1 aromatic heterocycles. The van der Waals surface area contributed by atoms with Gasteiger partial charge in [0, 0.05) is 31.2 Å². The highest BCUT2D eigenvalue weighted by Gasteiger charge is 2.10. The molecule has 1 aromatic carbocycles. The van der Waals surface area contributed by atoms with Gasteiger partial charge in [-0.2, -0.15) is 0 Å². The van der Waals surface area contributed by atoms with Crippen molar-refractivity contribution in [1.82, 2.24) is 9.88 Å². The third kappa shape index (κ3) is 4.05. The third-order valence-corrected chi connectivity index (χ3v) is 2.98. The van der Waals surface area contributed by atoms with E-state index in [-0.39, 0.29) is 0 Å². The van der Waals surface area contributed by atoms with E-state index in [2.05, 4.69) is 9.88 Å². The molecule has 1 heterocycles. The van der Waals surface area contributed by atoms with Crippen molar-refractivity contribution in [3.8, 4) is 0 Å². The summed E-state index contributed by atoms with van der Waals surface area (Å²) in [6.45, 7) is 1.33. The number of rotatable bonds is 5. The lowest BCUT2D eigenvalue weighted by molar-refractivity contribution is 0.124. The van der Waals surface area contributed by atoms with Gasteiger partial charge in [-0.3, -0.25) is 9.88 Å². The molecule has 0 radical (unpaired) electrons. The van der Waals surface area contributed by atoms with Crippen molar-refractivity contribution in [3.63, 3.8) is 0 Å². The monoisotopic (exact) mass is 257 g/mol. The van der Waals surface area contributed by atoms with Gasteiger partial charge < -0.3 is 10.8 Å². The first-order valence-corrected chi connectivity index (χ1v) is 6.26. The van der Waals surface area contributed by atoms with Crippen molar-refractivity contribution in [2.45, 2.75) is 12.6 Å². The summed E-state index contributed by atoms with van der Waals surface area (Å²) < 4.78 is 0. The molecule has 4 heteroatoms. The second kappa shape index (κ2) is 6.31. The predicted octanol–water partition coefficient (Wildman–Crippen LogP) is 1.83. The van der Waals surface area contributed by atoms with E-state index in [1.54, 1.807) is 18.3 Å².